The van der Waals surface area contributed by atoms with E-state index in [4.69, 9.17) is 19.3 Å². The first kappa shape index (κ1) is 26.8. The molecule has 40 heavy (non-hydrogen) atoms. The fourth-order valence-corrected chi connectivity index (χ4v) is 5.10. The maximum absolute atomic E-state index is 14.1. The quantitative estimate of drug-likeness (QED) is 0.340. The minimum Gasteiger partial charge on any atom is -0.496 e. The van der Waals surface area contributed by atoms with Crippen LogP contribution in [0.15, 0.2) is 78.9 Å². The Kier molecular flexibility index (Phi) is 7.46. The van der Waals surface area contributed by atoms with Gasteiger partial charge in [0.15, 0.2) is 11.5 Å². The van der Waals surface area contributed by atoms with Crippen LogP contribution in [0.4, 0.5) is 0 Å². The highest BCUT2D eigenvalue weighted by Crippen LogP contribution is 2.36. The highest BCUT2D eigenvalue weighted by molar-refractivity contribution is 6.00. The summed E-state index contributed by atoms with van der Waals surface area (Å²) in [5.41, 5.74) is 2.25. The summed E-state index contributed by atoms with van der Waals surface area (Å²) in [5, 5.41) is 7.75. The number of benzene rings is 3. The van der Waals surface area contributed by atoms with Crippen molar-refractivity contribution in [3.05, 3.63) is 95.7 Å². The van der Waals surface area contributed by atoms with Crippen molar-refractivity contribution in [2.45, 2.75) is 32.1 Å². The molecule has 3 aromatic carbocycles. The maximum atomic E-state index is 14.1. The number of ether oxygens (including phenoxy) is 3. The van der Waals surface area contributed by atoms with Gasteiger partial charge < -0.3 is 24.4 Å². The lowest BCUT2D eigenvalue weighted by Gasteiger charge is -2.43. The Balaban J connectivity index is 1.53. The summed E-state index contributed by atoms with van der Waals surface area (Å²) in [7, 11) is 4.71. The average molecular weight is 541 g/mol. The number of hydrogen-bond donors (Lipinski definition) is 1. The highest BCUT2D eigenvalue weighted by atomic mass is 16.5. The van der Waals surface area contributed by atoms with Crippen LogP contribution < -0.4 is 19.5 Å². The number of nitrogens with one attached hydrogen (secondary N) is 1. The van der Waals surface area contributed by atoms with Gasteiger partial charge in [0.2, 0.25) is 5.91 Å². The first-order valence-corrected chi connectivity index (χ1v) is 12.9. The summed E-state index contributed by atoms with van der Waals surface area (Å²) in [6, 6.07) is 24.4. The van der Waals surface area contributed by atoms with E-state index in [2.05, 4.69) is 5.32 Å². The molecule has 0 saturated heterocycles. The van der Waals surface area contributed by atoms with Gasteiger partial charge in [-0.25, -0.2) is 0 Å². The first-order valence-electron chi connectivity index (χ1n) is 12.9. The van der Waals surface area contributed by atoms with Crippen molar-refractivity contribution in [2.75, 3.05) is 21.3 Å². The van der Waals surface area contributed by atoms with Crippen molar-refractivity contribution in [1.29, 1.82) is 0 Å². The number of methoxy groups -OCH3 is 3. The molecular weight excluding hydrogens is 508 g/mol. The molecule has 0 bridgehead atoms. The van der Waals surface area contributed by atoms with E-state index in [1.807, 2.05) is 66.7 Å². The van der Waals surface area contributed by atoms with Crippen LogP contribution in [0.1, 0.15) is 28.5 Å². The molecule has 206 valence electrons. The lowest BCUT2D eigenvalue weighted by atomic mass is 9.93. The second-order valence-corrected chi connectivity index (χ2v) is 9.75. The number of rotatable bonds is 9. The van der Waals surface area contributed by atoms with Gasteiger partial charge in [0.05, 0.1) is 40.1 Å². The van der Waals surface area contributed by atoms with Gasteiger partial charge in [0, 0.05) is 23.2 Å². The van der Waals surface area contributed by atoms with E-state index in [9.17, 15) is 9.59 Å². The van der Waals surface area contributed by atoms with E-state index in [1.165, 1.54) is 0 Å². The van der Waals surface area contributed by atoms with E-state index >= 15 is 0 Å². The standard InChI is InChI=1S/C31H32N4O5/c1-31(30(37)32-18-22-13-8-9-15-26(22)38-2)20-35-25(17-24(33-35)21-11-6-5-7-12-21)29(36)34(31)19-23-14-10-16-27(39-3)28(23)40-4/h5-17H,18-20H2,1-4H3,(H,32,37). The number of carbonyl (C=O) groups excluding carboxylic acids is 2. The predicted octanol–water partition coefficient (Wildman–Crippen LogP) is 4.31. The minimum atomic E-state index is -1.26. The molecule has 9 heteroatoms. The summed E-state index contributed by atoms with van der Waals surface area (Å²) < 4.78 is 18.2. The van der Waals surface area contributed by atoms with Crippen molar-refractivity contribution in [2.24, 2.45) is 0 Å². The number of hydrogen-bond acceptors (Lipinski definition) is 6. The number of aromatic nitrogens is 2. The minimum absolute atomic E-state index is 0.129. The molecule has 0 fully saturated rings. The van der Waals surface area contributed by atoms with E-state index in [0.29, 0.717) is 28.6 Å². The second kappa shape index (κ2) is 11.1. The molecule has 5 rings (SSSR count). The Morgan fingerprint density at radius 3 is 2.30 bits per heavy atom. The number of carbonyl (C=O) groups is 2. The zero-order valence-electron chi connectivity index (χ0n) is 23.0. The van der Waals surface area contributed by atoms with Crippen molar-refractivity contribution in [1.82, 2.24) is 20.0 Å². The zero-order chi connectivity index (χ0) is 28.3. The van der Waals surface area contributed by atoms with Crippen LogP contribution in [0.5, 0.6) is 17.2 Å². The van der Waals surface area contributed by atoms with Crippen LogP contribution in [0, 0.1) is 0 Å². The highest BCUT2D eigenvalue weighted by Gasteiger charge is 2.48. The molecule has 0 saturated carbocycles. The molecule has 2 amide bonds. The van der Waals surface area contributed by atoms with Crippen LogP contribution in [0.2, 0.25) is 0 Å². The van der Waals surface area contributed by atoms with Gasteiger partial charge in [-0.1, -0.05) is 60.7 Å². The monoisotopic (exact) mass is 540 g/mol. The van der Waals surface area contributed by atoms with Gasteiger partial charge >= 0.3 is 0 Å². The van der Waals surface area contributed by atoms with Crippen LogP contribution in [-0.2, 0) is 24.4 Å². The Hall–Kier alpha value is -4.79. The molecule has 1 atom stereocenters. The maximum Gasteiger partial charge on any atom is 0.273 e. The molecule has 0 spiro atoms. The Labute approximate surface area is 233 Å². The third-order valence-electron chi connectivity index (χ3n) is 7.30. The summed E-state index contributed by atoms with van der Waals surface area (Å²) in [5.74, 6) is 1.12. The molecule has 9 nitrogen and oxygen atoms in total. The number of nitrogens with zero attached hydrogens (tertiary/aromatic N) is 3. The summed E-state index contributed by atoms with van der Waals surface area (Å²) in [4.78, 5) is 29.7. The van der Waals surface area contributed by atoms with E-state index in [0.717, 1.165) is 16.7 Å². The SMILES string of the molecule is COc1ccccc1CNC(=O)C1(C)Cn2nc(-c3ccccc3)cc2C(=O)N1Cc1cccc(OC)c1OC. The number of fused-ring (bicyclic) bond motifs is 1. The molecule has 0 aliphatic carbocycles. The van der Waals surface area contributed by atoms with Crippen molar-refractivity contribution in [3.8, 4) is 28.5 Å². The Morgan fingerprint density at radius 2 is 1.57 bits per heavy atom. The predicted molar refractivity (Wildman–Crippen MR) is 150 cm³/mol. The van der Waals surface area contributed by atoms with Gasteiger partial charge in [-0.15, -0.1) is 0 Å². The molecule has 1 unspecified atom stereocenters. The summed E-state index contributed by atoms with van der Waals surface area (Å²) in [6.45, 7) is 2.31. The fraction of sp³-hybridized carbons (Fsp3) is 0.258. The normalized spacial score (nSPS) is 16.3. The number of amides is 2. The fourth-order valence-electron chi connectivity index (χ4n) is 5.10. The molecule has 2 heterocycles. The van der Waals surface area contributed by atoms with Crippen LogP contribution in [0.25, 0.3) is 11.3 Å². The molecule has 0 radical (unpaired) electrons. The average Bonchev–Trinajstić information content (AvgIpc) is 3.42. The van der Waals surface area contributed by atoms with Crippen LogP contribution in [0.3, 0.4) is 0 Å². The van der Waals surface area contributed by atoms with E-state index < -0.39 is 5.54 Å². The zero-order valence-corrected chi connectivity index (χ0v) is 23.0. The summed E-state index contributed by atoms with van der Waals surface area (Å²) >= 11 is 0. The van der Waals surface area contributed by atoms with E-state index in [1.54, 1.807) is 50.0 Å². The van der Waals surface area contributed by atoms with Crippen LogP contribution in [-0.4, -0.2) is 53.4 Å². The lowest BCUT2D eigenvalue weighted by Crippen LogP contribution is -2.63. The Bertz CT molecular complexity index is 1530. The van der Waals surface area contributed by atoms with Crippen molar-refractivity contribution in [3.63, 3.8) is 0 Å². The Morgan fingerprint density at radius 1 is 0.900 bits per heavy atom. The molecule has 1 N–H and O–H groups in total. The first-order chi connectivity index (χ1) is 19.4. The van der Waals surface area contributed by atoms with Crippen LogP contribution >= 0.6 is 0 Å². The molecule has 1 aliphatic rings. The molecule has 4 aromatic rings. The van der Waals surface area contributed by atoms with Crippen molar-refractivity contribution >= 4 is 11.8 Å². The summed E-state index contributed by atoms with van der Waals surface area (Å²) in [6.07, 6.45) is 0. The molecular formula is C31H32N4O5. The lowest BCUT2D eigenvalue weighted by molar-refractivity contribution is -0.133. The third-order valence-corrected chi connectivity index (χ3v) is 7.30. The molecule has 1 aliphatic heterocycles. The van der Waals surface area contributed by atoms with Gasteiger partial charge in [-0.3, -0.25) is 14.3 Å². The van der Waals surface area contributed by atoms with E-state index in [-0.39, 0.29) is 31.4 Å². The van der Waals surface area contributed by atoms with Gasteiger partial charge in [-0.2, -0.15) is 5.10 Å². The van der Waals surface area contributed by atoms with Crippen molar-refractivity contribution < 1.29 is 23.8 Å². The number of para-hydroxylation sites is 2. The topological polar surface area (TPSA) is 94.9 Å². The third kappa shape index (κ3) is 4.86. The van der Waals surface area contributed by atoms with Gasteiger partial charge in [-0.05, 0) is 25.1 Å². The largest absolute Gasteiger partial charge is 0.496 e. The smallest absolute Gasteiger partial charge is 0.273 e. The van der Waals surface area contributed by atoms with Gasteiger partial charge in [0.25, 0.3) is 5.91 Å². The molecule has 1 aromatic heterocycles. The second-order valence-electron chi connectivity index (χ2n) is 9.75. The van der Waals surface area contributed by atoms with Gasteiger partial charge in [0.1, 0.15) is 17.0 Å².